The predicted octanol–water partition coefficient (Wildman–Crippen LogP) is 3.54. The second kappa shape index (κ2) is 5.67. The normalized spacial score (nSPS) is 11.4. The molecule has 1 aromatic carbocycles. The van der Waals surface area contributed by atoms with Crippen LogP contribution in [-0.4, -0.2) is 16.1 Å². The lowest BCUT2D eigenvalue weighted by atomic mass is 9.92. The van der Waals surface area contributed by atoms with Crippen molar-refractivity contribution >= 4 is 23.3 Å². The molecule has 106 valence electrons. The Morgan fingerprint density at radius 2 is 2.10 bits per heavy atom. The number of anilines is 1. The third-order valence-corrected chi connectivity index (χ3v) is 3.14. The fourth-order valence-electron chi connectivity index (χ4n) is 1.79. The molecule has 0 aliphatic carbocycles. The minimum Gasteiger partial charge on any atom is -0.309 e. The molecule has 0 radical (unpaired) electrons. The van der Waals surface area contributed by atoms with Crippen molar-refractivity contribution in [3.05, 3.63) is 46.6 Å². The Bertz CT molecular complexity index is 614. The van der Waals surface area contributed by atoms with Crippen LogP contribution >= 0.6 is 11.6 Å². The standard InChI is InChI=1S/C15H18ClN3O/c1-15(2,3)12-9-13(19-18-12)17-14(20)8-10-5-4-6-11(16)7-10/h4-7,9H,8H2,1-3H3,(H2,17,18,19,20). The van der Waals surface area contributed by atoms with E-state index in [0.29, 0.717) is 10.8 Å². The molecule has 0 aliphatic heterocycles. The van der Waals surface area contributed by atoms with Gasteiger partial charge in [0, 0.05) is 22.2 Å². The van der Waals surface area contributed by atoms with Gasteiger partial charge in [0.1, 0.15) is 0 Å². The third kappa shape index (κ3) is 3.84. The Kier molecular flexibility index (Phi) is 4.14. The summed E-state index contributed by atoms with van der Waals surface area (Å²) in [6, 6.07) is 9.13. The second-order valence-electron chi connectivity index (χ2n) is 5.77. The van der Waals surface area contributed by atoms with Gasteiger partial charge in [0.25, 0.3) is 0 Å². The molecule has 2 aromatic rings. The number of aromatic amines is 1. The number of hydrogen-bond donors (Lipinski definition) is 2. The Balaban J connectivity index is 2.00. The van der Waals surface area contributed by atoms with Crippen molar-refractivity contribution < 1.29 is 4.79 Å². The lowest BCUT2D eigenvalue weighted by molar-refractivity contribution is -0.115. The number of benzene rings is 1. The molecule has 0 bridgehead atoms. The second-order valence-corrected chi connectivity index (χ2v) is 6.21. The first-order valence-electron chi connectivity index (χ1n) is 6.45. The monoisotopic (exact) mass is 291 g/mol. The van der Waals surface area contributed by atoms with Crippen molar-refractivity contribution in [3.8, 4) is 0 Å². The number of aromatic nitrogens is 2. The molecule has 2 N–H and O–H groups in total. The summed E-state index contributed by atoms with van der Waals surface area (Å²) in [6.07, 6.45) is 0.276. The molecule has 20 heavy (non-hydrogen) atoms. The van der Waals surface area contributed by atoms with Gasteiger partial charge in [-0.25, -0.2) is 0 Å². The van der Waals surface area contributed by atoms with Gasteiger partial charge in [0.05, 0.1) is 6.42 Å². The Morgan fingerprint density at radius 1 is 1.35 bits per heavy atom. The average molecular weight is 292 g/mol. The highest BCUT2D eigenvalue weighted by Crippen LogP contribution is 2.22. The summed E-state index contributed by atoms with van der Waals surface area (Å²) in [5.74, 6) is 0.432. The van der Waals surface area contributed by atoms with Crippen LogP contribution in [-0.2, 0) is 16.6 Å². The Hall–Kier alpha value is -1.81. The first-order valence-corrected chi connectivity index (χ1v) is 6.82. The van der Waals surface area contributed by atoms with E-state index in [2.05, 4.69) is 36.3 Å². The van der Waals surface area contributed by atoms with E-state index in [0.717, 1.165) is 11.3 Å². The predicted molar refractivity (Wildman–Crippen MR) is 81.1 cm³/mol. The molecule has 1 aromatic heterocycles. The minimum absolute atomic E-state index is 0.0249. The number of nitrogens with one attached hydrogen (secondary N) is 2. The summed E-state index contributed by atoms with van der Waals surface area (Å²) in [6.45, 7) is 6.24. The third-order valence-electron chi connectivity index (χ3n) is 2.91. The number of nitrogens with zero attached hydrogens (tertiary/aromatic N) is 1. The van der Waals surface area contributed by atoms with Gasteiger partial charge in [-0.05, 0) is 17.7 Å². The number of rotatable bonds is 3. The van der Waals surface area contributed by atoms with Gasteiger partial charge in [-0.2, -0.15) is 5.10 Å². The van der Waals surface area contributed by atoms with E-state index in [-0.39, 0.29) is 17.7 Å². The number of carbonyl (C=O) groups is 1. The number of halogens is 1. The number of amides is 1. The van der Waals surface area contributed by atoms with E-state index in [1.165, 1.54) is 0 Å². The maximum Gasteiger partial charge on any atom is 0.229 e. The maximum absolute atomic E-state index is 11.9. The van der Waals surface area contributed by atoms with Gasteiger partial charge in [-0.3, -0.25) is 9.89 Å². The van der Waals surface area contributed by atoms with Crippen LogP contribution in [0.25, 0.3) is 0 Å². The molecule has 0 atom stereocenters. The highest BCUT2D eigenvalue weighted by molar-refractivity contribution is 6.30. The largest absolute Gasteiger partial charge is 0.309 e. The molecule has 0 aliphatic rings. The summed E-state index contributed by atoms with van der Waals surface area (Å²) in [5, 5.41) is 10.4. The van der Waals surface area contributed by atoms with Gasteiger partial charge in [0.2, 0.25) is 5.91 Å². The van der Waals surface area contributed by atoms with E-state index in [1.807, 2.05) is 18.2 Å². The quantitative estimate of drug-likeness (QED) is 0.909. The van der Waals surface area contributed by atoms with E-state index in [9.17, 15) is 4.79 Å². The molecular formula is C15H18ClN3O. The zero-order valence-electron chi connectivity index (χ0n) is 11.8. The molecule has 0 fully saturated rings. The summed E-state index contributed by atoms with van der Waals surface area (Å²) in [5.41, 5.74) is 1.83. The van der Waals surface area contributed by atoms with Crippen LogP contribution < -0.4 is 5.32 Å². The highest BCUT2D eigenvalue weighted by Gasteiger charge is 2.17. The van der Waals surface area contributed by atoms with E-state index in [4.69, 9.17) is 11.6 Å². The van der Waals surface area contributed by atoms with Crippen LogP contribution in [0.5, 0.6) is 0 Å². The summed E-state index contributed by atoms with van der Waals surface area (Å²) >= 11 is 5.89. The van der Waals surface area contributed by atoms with E-state index in [1.54, 1.807) is 12.1 Å². The van der Waals surface area contributed by atoms with Gasteiger partial charge in [-0.1, -0.05) is 44.5 Å². The molecule has 0 spiro atoms. The van der Waals surface area contributed by atoms with Gasteiger partial charge < -0.3 is 5.32 Å². The summed E-state index contributed by atoms with van der Waals surface area (Å²) < 4.78 is 0. The molecule has 0 saturated carbocycles. The van der Waals surface area contributed by atoms with Crippen LogP contribution in [0, 0.1) is 0 Å². The lowest BCUT2D eigenvalue weighted by Gasteiger charge is -2.14. The SMILES string of the molecule is CC(C)(C)c1cc(NC(=O)Cc2cccc(Cl)c2)n[nH]1. The van der Waals surface area contributed by atoms with Crippen molar-refractivity contribution in [2.24, 2.45) is 0 Å². The molecule has 2 rings (SSSR count). The first kappa shape index (κ1) is 14.6. The van der Waals surface area contributed by atoms with Crippen molar-refractivity contribution in [1.82, 2.24) is 10.2 Å². The fraction of sp³-hybridized carbons (Fsp3) is 0.333. The van der Waals surface area contributed by atoms with Crippen molar-refractivity contribution in [2.45, 2.75) is 32.6 Å². The number of H-pyrrole nitrogens is 1. The van der Waals surface area contributed by atoms with Gasteiger partial charge in [0.15, 0.2) is 5.82 Å². The Morgan fingerprint density at radius 3 is 2.70 bits per heavy atom. The maximum atomic E-state index is 11.9. The number of hydrogen-bond acceptors (Lipinski definition) is 2. The number of carbonyl (C=O) groups excluding carboxylic acids is 1. The molecule has 1 amide bonds. The van der Waals surface area contributed by atoms with Crippen molar-refractivity contribution in [2.75, 3.05) is 5.32 Å². The zero-order chi connectivity index (χ0) is 14.8. The smallest absolute Gasteiger partial charge is 0.229 e. The van der Waals surface area contributed by atoms with Crippen molar-refractivity contribution in [3.63, 3.8) is 0 Å². The molecular weight excluding hydrogens is 274 g/mol. The van der Waals surface area contributed by atoms with Crippen molar-refractivity contribution in [1.29, 1.82) is 0 Å². The van der Waals surface area contributed by atoms with Crippen LogP contribution in [0.15, 0.2) is 30.3 Å². The molecule has 0 unspecified atom stereocenters. The van der Waals surface area contributed by atoms with Crippen LogP contribution in [0.2, 0.25) is 5.02 Å². The van der Waals surface area contributed by atoms with Crippen LogP contribution in [0.3, 0.4) is 0 Å². The highest BCUT2D eigenvalue weighted by atomic mass is 35.5. The molecule has 1 heterocycles. The summed E-state index contributed by atoms with van der Waals surface area (Å²) in [7, 11) is 0. The minimum atomic E-state index is -0.112. The van der Waals surface area contributed by atoms with Crippen LogP contribution in [0.4, 0.5) is 5.82 Å². The van der Waals surface area contributed by atoms with Gasteiger partial charge in [-0.15, -0.1) is 0 Å². The van der Waals surface area contributed by atoms with Gasteiger partial charge >= 0.3 is 0 Å². The molecule has 5 heteroatoms. The Labute approximate surface area is 123 Å². The lowest BCUT2D eigenvalue weighted by Crippen LogP contribution is -2.14. The zero-order valence-corrected chi connectivity index (χ0v) is 12.6. The van der Waals surface area contributed by atoms with E-state index < -0.39 is 0 Å². The molecule has 4 nitrogen and oxygen atoms in total. The fourth-order valence-corrected chi connectivity index (χ4v) is 2.00. The average Bonchev–Trinajstić information content (AvgIpc) is 2.76. The van der Waals surface area contributed by atoms with E-state index >= 15 is 0 Å². The first-order chi connectivity index (χ1) is 9.34. The topological polar surface area (TPSA) is 57.8 Å². The summed E-state index contributed by atoms with van der Waals surface area (Å²) in [4.78, 5) is 11.9. The molecule has 0 saturated heterocycles. The van der Waals surface area contributed by atoms with Crippen LogP contribution in [0.1, 0.15) is 32.0 Å².